The van der Waals surface area contributed by atoms with Crippen LogP contribution in [-0.4, -0.2) is 18.5 Å². The number of esters is 1. The molecule has 0 aliphatic rings. The summed E-state index contributed by atoms with van der Waals surface area (Å²) in [6.45, 7) is 0.376. The van der Waals surface area contributed by atoms with E-state index in [2.05, 4.69) is 0 Å². The predicted octanol–water partition coefficient (Wildman–Crippen LogP) is 2.98. The molecule has 112 valence electrons. The van der Waals surface area contributed by atoms with Crippen LogP contribution in [0.5, 0.6) is 0 Å². The fourth-order valence-electron chi connectivity index (χ4n) is 1.81. The molecule has 0 saturated heterocycles. The molecule has 4 heteroatoms. The average molecular weight is 296 g/mol. The van der Waals surface area contributed by atoms with Crippen LogP contribution in [-0.2, 0) is 25.7 Å². The maximum Gasteiger partial charge on any atom is 0.351 e. The van der Waals surface area contributed by atoms with Crippen LogP contribution in [0.4, 0.5) is 0 Å². The summed E-state index contributed by atoms with van der Waals surface area (Å²) in [5.41, 5.74) is 1.77. The lowest BCUT2D eigenvalue weighted by Gasteiger charge is -2.11. The SMILES string of the molecule is O=COC(C=Cc1ccccc1)C(=O)OCc1ccccc1. The third kappa shape index (κ3) is 4.90. The molecule has 1 atom stereocenters. The first-order chi connectivity index (χ1) is 10.8. The quantitative estimate of drug-likeness (QED) is 0.582. The van der Waals surface area contributed by atoms with Crippen molar-refractivity contribution in [2.24, 2.45) is 0 Å². The minimum atomic E-state index is -1.05. The van der Waals surface area contributed by atoms with Gasteiger partial charge in [-0.1, -0.05) is 66.7 Å². The highest BCUT2D eigenvalue weighted by atomic mass is 16.6. The molecule has 0 heterocycles. The molecule has 0 N–H and O–H groups in total. The zero-order chi connectivity index (χ0) is 15.6. The molecule has 0 saturated carbocycles. The Morgan fingerprint density at radius 3 is 2.27 bits per heavy atom. The smallest absolute Gasteiger partial charge is 0.351 e. The van der Waals surface area contributed by atoms with Gasteiger partial charge >= 0.3 is 5.97 Å². The maximum atomic E-state index is 12.0. The summed E-state index contributed by atoms with van der Waals surface area (Å²) in [6, 6.07) is 18.7. The van der Waals surface area contributed by atoms with Gasteiger partial charge in [0.25, 0.3) is 6.47 Å². The van der Waals surface area contributed by atoms with Crippen molar-refractivity contribution >= 4 is 18.5 Å². The van der Waals surface area contributed by atoms with Gasteiger partial charge in [-0.25, -0.2) is 4.79 Å². The van der Waals surface area contributed by atoms with Crippen LogP contribution in [0.25, 0.3) is 6.08 Å². The zero-order valence-corrected chi connectivity index (χ0v) is 11.9. The molecule has 2 aromatic carbocycles. The molecular weight excluding hydrogens is 280 g/mol. The lowest BCUT2D eigenvalue weighted by atomic mass is 10.2. The maximum absolute atomic E-state index is 12.0. The largest absolute Gasteiger partial charge is 0.458 e. The van der Waals surface area contributed by atoms with Gasteiger partial charge in [0.15, 0.2) is 0 Å². The fourth-order valence-corrected chi connectivity index (χ4v) is 1.81. The van der Waals surface area contributed by atoms with Gasteiger partial charge in [-0.2, -0.15) is 0 Å². The van der Waals surface area contributed by atoms with Crippen molar-refractivity contribution in [3.05, 3.63) is 77.9 Å². The Labute approximate surface area is 129 Å². The molecule has 0 bridgehead atoms. The van der Waals surface area contributed by atoms with Crippen molar-refractivity contribution < 1.29 is 19.1 Å². The first-order valence-electron chi connectivity index (χ1n) is 6.82. The standard InChI is InChI=1S/C18H16O4/c19-14-22-17(12-11-15-7-3-1-4-8-15)18(20)21-13-16-9-5-2-6-10-16/h1-12,14,17H,13H2. The molecule has 0 radical (unpaired) electrons. The van der Waals surface area contributed by atoms with Gasteiger partial charge in [0.05, 0.1) is 0 Å². The van der Waals surface area contributed by atoms with E-state index >= 15 is 0 Å². The second-order valence-corrected chi connectivity index (χ2v) is 4.52. The monoisotopic (exact) mass is 296 g/mol. The first-order valence-corrected chi connectivity index (χ1v) is 6.82. The molecule has 2 rings (SSSR count). The topological polar surface area (TPSA) is 52.6 Å². The van der Waals surface area contributed by atoms with Crippen LogP contribution in [0.1, 0.15) is 11.1 Å². The third-order valence-corrected chi connectivity index (χ3v) is 2.92. The third-order valence-electron chi connectivity index (χ3n) is 2.92. The molecular formula is C18H16O4. The summed E-state index contributed by atoms with van der Waals surface area (Å²) in [5, 5.41) is 0. The highest BCUT2D eigenvalue weighted by Gasteiger charge is 2.18. The number of carbonyl (C=O) groups is 2. The normalized spacial score (nSPS) is 11.8. The van der Waals surface area contributed by atoms with E-state index < -0.39 is 12.1 Å². The van der Waals surface area contributed by atoms with Crippen molar-refractivity contribution in [1.82, 2.24) is 0 Å². The van der Waals surface area contributed by atoms with Crippen molar-refractivity contribution in [3.63, 3.8) is 0 Å². The minimum absolute atomic E-state index is 0.136. The molecule has 0 spiro atoms. The molecule has 0 aliphatic heterocycles. The number of hydrogen-bond acceptors (Lipinski definition) is 4. The van der Waals surface area contributed by atoms with E-state index in [0.29, 0.717) is 0 Å². The molecule has 2 aromatic rings. The lowest BCUT2D eigenvalue weighted by Crippen LogP contribution is -2.24. The number of carbonyl (C=O) groups excluding carboxylic acids is 2. The zero-order valence-electron chi connectivity index (χ0n) is 11.9. The highest BCUT2D eigenvalue weighted by Crippen LogP contribution is 2.07. The molecule has 1 unspecified atom stereocenters. The average Bonchev–Trinajstić information content (AvgIpc) is 2.58. The molecule has 0 aliphatic carbocycles. The molecule has 0 fully saturated rings. The Morgan fingerprint density at radius 1 is 1.00 bits per heavy atom. The Bertz CT molecular complexity index is 620. The second-order valence-electron chi connectivity index (χ2n) is 4.52. The summed E-state index contributed by atoms with van der Waals surface area (Å²) >= 11 is 0. The van der Waals surface area contributed by atoms with Crippen molar-refractivity contribution in [3.8, 4) is 0 Å². The summed E-state index contributed by atoms with van der Waals surface area (Å²) < 4.78 is 9.93. The van der Waals surface area contributed by atoms with Gasteiger partial charge in [-0.05, 0) is 17.2 Å². The van der Waals surface area contributed by atoms with Gasteiger partial charge in [-0.15, -0.1) is 0 Å². The summed E-state index contributed by atoms with van der Waals surface area (Å²) in [4.78, 5) is 22.5. The van der Waals surface area contributed by atoms with Crippen molar-refractivity contribution in [2.75, 3.05) is 0 Å². The Morgan fingerprint density at radius 2 is 1.64 bits per heavy atom. The van der Waals surface area contributed by atoms with E-state index in [9.17, 15) is 9.59 Å². The van der Waals surface area contributed by atoms with E-state index in [-0.39, 0.29) is 13.1 Å². The van der Waals surface area contributed by atoms with E-state index in [1.54, 1.807) is 6.08 Å². The Kier molecular flexibility index (Phi) is 5.93. The first kappa shape index (κ1) is 15.5. The number of hydrogen-bond donors (Lipinski definition) is 0. The molecule has 0 aromatic heterocycles. The Balaban J connectivity index is 1.96. The van der Waals surface area contributed by atoms with Crippen LogP contribution in [0.3, 0.4) is 0 Å². The van der Waals surface area contributed by atoms with Gasteiger partial charge in [-0.3, -0.25) is 4.79 Å². The van der Waals surface area contributed by atoms with Gasteiger partial charge in [0.2, 0.25) is 6.10 Å². The minimum Gasteiger partial charge on any atom is -0.458 e. The summed E-state index contributed by atoms with van der Waals surface area (Å²) in [7, 11) is 0. The van der Waals surface area contributed by atoms with Crippen molar-refractivity contribution in [2.45, 2.75) is 12.7 Å². The van der Waals surface area contributed by atoms with E-state index in [1.807, 2.05) is 60.7 Å². The lowest BCUT2D eigenvalue weighted by molar-refractivity contribution is -0.159. The van der Waals surface area contributed by atoms with E-state index in [4.69, 9.17) is 9.47 Å². The van der Waals surface area contributed by atoms with Crippen LogP contribution in [0, 0.1) is 0 Å². The van der Waals surface area contributed by atoms with E-state index in [1.165, 1.54) is 6.08 Å². The molecule has 22 heavy (non-hydrogen) atoms. The van der Waals surface area contributed by atoms with Crippen molar-refractivity contribution in [1.29, 1.82) is 0 Å². The number of rotatable bonds is 7. The predicted molar refractivity (Wildman–Crippen MR) is 82.7 cm³/mol. The van der Waals surface area contributed by atoms with Gasteiger partial charge in [0, 0.05) is 0 Å². The highest BCUT2D eigenvalue weighted by molar-refractivity contribution is 5.79. The van der Waals surface area contributed by atoms with Crippen LogP contribution in [0.2, 0.25) is 0 Å². The fraction of sp³-hybridized carbons (Fsp3) is 0.111. The van der Waals surface area contributed by atoms with E-state index in [0.717, 1.165) is 11.1 Å². The van der Waals surface area contributed by atoms with Gasteiger partial charge in [0.1, 0.15) is 6.61 Å². The van der Waals surface area contributed by atoms with Gasteiger partial charge < -0.3 is 9.47 Å². The van der Waals surface area contributed by atoms with Crippen LogP contribution < -0.4 is 0 Å². The van der Waals surface area contributed by atoms with Crippen LogP contribution in [0.15, 0.2) is 66.7 Å². The number of ether oxygens (including phenoxy) is 2. The second kappa shape index (κ2) is 8.42. The molecule has 4 nitrogen and oxygen atoms in total. The Hall–Kier alpha value is -2.88. The number of benzene rings is 2. The summed E-state index contributed by atoms with van der Waals surface area (Å²) in [5.74, 6) is -0.608. The molecule has 0 amide bonds. The van der Waals surface area contributed by atoms with Crippen LogP contribution >= 0.6 is 0 Å². The summed E-state index contributed by atoms with van der Waals surface area (Å²) in [6.07, 6.45) is 2.15.